The van der Waals surface area contributed by atoms with Crippen LogP contribution in [-0.2, 0) is 14.3 Å². The molecule has 0 aromatic heterocycles. The molecule has 20 heavy (non-hydrogen) atoms. The zero-order valence-corrected chi connectivity index (χ0v) is 12.1. The Bertz CT molecular complexity index is 398. The van der Waals surface area contributed by atoms with E-state index in [1.807, 2.05) is 0 Å². The van der Waals surface area contributed by atoms with Gasteiger partial charge in [0.25, 0.3) is 0 Å². The number of esters is 1. The van der Waals surface area contributed by atoms with Crippen LogP contribution in [0.25, 0.3) is 0 Å². The number of carboxylic acids is 1. The topological polar surface area (TPSA) is 105 Å². The molecule has 1 rings (SSSR count). The summed E-state index contributed by atoms with van der Waals surface area (Å²) < 4.78 is 4.78. The maximum Gasteiger partial charge on any atom is 0.328 e. The minimum Gasteiger partial charge on any atom is -0.481 e. The molecular weight excluding hydrogens is 264 g/mol. The number of hydrogen-bond acceptors (Lipinski definition) is 4. The van der Waals surface area contributed by atoms with Crippen molar-refractivity contribution in [1.29, 1.82) is 0 Å². The van der Waals surface area contributed by atoms with Crippen LogP contribution in [0.1, 0.15) is 40.0 Å². The number of carbonyl (C=O) groups excluding carboxylic acids is 2. The van der Waals surface area contributed by atoms with Gasteiger partial charge in [0.15, 0.2) is 0 Å². The SMILES string of the molecule is CCOC(=O)C(C)NC(=O)NC1CCCC1(C)C(=O)O. The lowest BCUT2D eigenvalue weighted by Crippen LogP contribution is -2.53. The minimum atomic E-state index is -0.954. The van der Waals surface area contributed by atoms with E-state index in [0.29, 0.717) is 12.8 Å². The molecule has 3 unspecified atom stereocenters. The third kappa shape index (κ3) is 3.61. The fraction of sp³-hybridized carbons (Fsp3) is 0.769. The highest BCUT2D eigenvalue weighted by atomic mass is 16.5. The minimum absolute atomic E-state index is 0.242. The third-order valence-corrected chi connectivity index (χ3v) is 3.74. The molecule has 114 valence electrons. The molecule has 7 heteroatoms. The molecule has 3 N–H and O–H groups in total. The number of carbonyl (C=O) groups is 3. The van der Waals surface area contributed by atoms with Gasteiger partial charge in [0.05, 0.1) is 12.0 Å². The molecule has 1 fully saturated rings. The molecular formula is C13H22N2O5. The highest BCUT2D eigenvalue weighted by Gasteiger charge is 2.46. The van der Waals surface area contributed by atoms with Crippen LogP contribution in [0.15, 0.2) is 0 Å². The average Bonchev–Trinajstić information content (AvgIpc) is 2.72. The second kappa shape index (κ2) is 6.58. The summed E-state index contributed by atoms with van der Waals surface area (Å²) in [7, 11) is 0. The van der Waals surface area contributed by atoms with Gasteiger partial charge in [-0.2, -0.15) is 0 Å². The van der Waals surface area contributed by atoms with E-state index in [-0.39, 0.29) is 6.61 Å². The van der Waals surface area contributed by atoms with Gasteiger partial charge in [-0.25, -0.2) is 9.59 Å². The highest BCUT2D eigenvalue weighted by molar-refractivity contribution is 5.84. The van der Waals surface area contributed by atoms with Crippen LogP contribution >= 0.6 is 0 Å². The number of hydrogen-bond donors (Lipinski definition) is 3. The van der Waals surface area contributed by atoms with E-state index in [4.69, 9.17) is 4.74 Å². The van der Waals surface area contributed by atoms with Crippen molar-refractivity contribution in [3.8, 4) is 0 Å². The Morgan fingerprint density at radius 1 is 1.45 bits per heavy atom. The van der Waals surface area contributed by atoms with Crippen molar-refractivity contribution in [3.05, 3.63) is 0 Å². The van der Waals surface area contributed by atoms with Gasteiger partial charge in [-0.15, -0.1) is 0 Å². The van der Waals surface area contributed by atoms with Gasteiger partial charge < -0.3 is 20.5 Å². The lowest BCUT2D eigenvalue weighted by Gasteiger charge is -2.28. The van der Waals surface area contributed by atoms with Crippen LogP contribution in [0.3, 0.4) is 0 Å². The number of rotatable bonds is 5. The molecule has 2 amide bonds. The molecule has 0 bridgehead atoms. The molecule has 0 heterocycles. The molecule has 1 saturated carbocycles. The van der Waals surface area contributed by atoms with Crippen molar-refractivity contribution < 1.29 is 24.2 Å². The van der Waals surface area contributed by atoms with Crippen molar-refractivity contribution in [1.82, 2.24) is 10.6 Å². The van der Waals surface area contributed by atoms with Crippen LogP contribution in [0, 0.1) is 5.41 Å². The maximum atomic E-state index is 11.8. The van der Waals surface area contributed by atoms with Crippen molar-refractivity contribution in [2.24, 2.45) is 5.41 Å². The molecule has 0 aromatic carbocycles. The number of amides is 2. The molecule has 7 nitrogen and oxygen atoms in total. The van der Waals surface area contributed by atoms with Gasteiger partial charge in [-0.1, -0.05) is 6.42 Å². The summed E-state index contributed by atoms with van der Waals surface area (Å²) in [5.74, 6) is -1.44. The van der Waals surface area contributed by atoms with Crippen LogP contribution in [0.4, 0.5) is 4.79 Å². The molecule has 1 aliphatic rings. The third-order valence-electron chi connectivity index (χ3n) is 3.74. The van der Waals surface area contributed by atoms with Crippen molar-refractivity contribution in [2.45, 2.75) is 52.1 Å². The number of aliphatic carboxylic acids is 1. The standard InChI is InChI=1S/C13H22N2O5/c1-4-20-10(16)8(2)14-12(19)15-9-6-5-7-13(9,3)11(17)18/h8-9H,4-7H2,1-3H3,(H,17,18)(H2,14,15,19). The summed E-state index contributed by atoms with van der Waals surface area (Å²) in [5, 5.41) is 14.3. The summed E-state index contributed by atoms with van der Waals surface area (Å²) in [6, 6.07) is -1.76. The molecule has 1 aliphatic carbocycles. The number of ether oxygens (including phenoxy) is 1. The van der Waals surface area contributed by atoms with Crippen molar-refractivity contribution >= 4 is 18.0 Å². The summed E-state index contributed by atoms with van der Waals surface area (Å²) >= 11 is 0. The van der Waals surface area contributed by atoms with Gasteiger partial charge in [-0.3, -0.25) is 4.79 Å². The van der Waals surface area contributed by atoms with Crippen molar-refractivity contribution in [3.63, 3.8) is 0 Å². The molecule has 0 saturated heterocycles. The first-order valence-electron chi connectivity index (χ1n) is 6.78. The number of nitrogens with one attached hydrogen (secondary N) is 2. The van der Waals surface area contributed by atoms with Crippen LogP contribution in [0.2, 0.25) is 0 Å². The normalized spacial score (nSPS) is 26.6. The Kier molecular flexibility index (Phi) is 5.35. The second-order valence-electron chi connectivity index (χ2n) is 5.26. The Morgan fingerprint density at radius 3 is 2.65 bits per heavy atom. The second-order valence-corrected chi connectivity index (χ2v) is 5.26. The van der Waals surface area contributed by atoms with E-state index in [9.17, 15) is 19.5 Å². The van der Waals surface area contributed by atoms with E-state index in [2.05, 4.69) is 10.6 Å². The molecule has 3 atom stereocenters. The van der Waals surface area contributed by atoms with Crippen LogP contribution in [-0.4, -0.2) is 41.8 Å². The van der Waals surface area contributed by atoms with E-state index < -0.39 is 35.5 Å². The Balaban J connectivity index is 2.54. The van der Waals surface area contributed by atoms with E-state index in [1.165, 1.54) is 6.92 Å². The molecule has 0 radical (unpaired) electrons. The van der Waals surface area contributed by atoms with E-state index >= 15 is 0 Å². The van der Waals surface area contributed by atoms with Gasteiger partial charge >= 0.3 is 18.0 Å². The first-order chi connectivity index (χ1) is 9.31. The smallest absolute Gasteiger partial charge is 0.328 e. The predicted octanol–water partition coefficient (Wildman–Crippen LogP) is 0.881. The summed E-state index contributed by atoms with van der Waals surface area (Å²) in [4.78, 5) is 34.5. The highest BCUT2D eigenvalue weighted by Crippen LogP contribution is 2.38. The quantitative estimate of drug-likeness (QED) is 0.651. The lowest BCUT2D eigenvalue weighted by molar-refractivity contribution is -0.148. The zero-order valence-electron chi connectivity index (χ0n) is 12.1. The monoisotopic (exact) mass is 286 g/mol. The number of urea groups is 1. The summed E-state index contributed by atoms with van der Waals surface area (Å²) in [6.45, 7) is 5.07. The van der Waals surface area contributed by atoms with Gasteiger partial charge in [0.1, 0.15) is 6.04 Å². The number of carboxylic acid groups (broad SMARTS) is 1. The van der Waals surface area contributed by atoms with Crippen LogP contribution < -0.4 is 10.6 Å². The maximum absolute atomic E-state index is 11.8. The van der Waals surface area contributed by atoms with E-state index in [1.54, 1.807) is 13.8 Å². The Hall–Kier alpha value is -1.79. The predicted molar refractivity (Wildman–Crippen MR) is 71.1 cm³/mol. The first-order valence-corrected chi connectivity index (χ1v) is 6.78. The Morgan fingerprint density at radius 2 is 2.10 bits per heavy atom. The molecule has 0 spiro atoms. The average molecular weight is 286 g/mol. The van der Waals surface area contributed by atoms with Gasteiger partial charge in [0, 0.05) is 6.04 Å². The fourth-order valence-electron chi connectivity index (χ4n) is 2.38. The van der Waals surface area contributed by atoms with E-state index in [0.717, 1.165) is 6.42 Å². The molecule has 0 aromatic rings. The Labute approximate surface area is 118 Å². The largest absolute Gasteiger partial charge is 0.481 e. The fourth-order valence-corrected chi connectivity index (χ4v) is 2.38. The van der Waals surface area contributed by atoms with Crippen molar-refractivity contribution in [2.75, 3.05) is 6.61 Å². The molecule has 0 aliphatic heterocycles. The van der Waals surface area contributed by atoms with Crippen LogP contribution in [0.5, 0.6) is 0 Å². The summed E-state index contributed by atoms with van der Waals surface area (Å²) in [5.41, 5.74) is -0.954. The first kappa shape index (κ1) is 16.3. The summed E-state index contributed by atoms with van der Waals surface area (Å²) in [6.07, 6.45) is 1.89. The zero-order chi connectivity index (χ0) is 15.3. The lowest BCUT2D eigenvalue weighted by atomic mass is 9.85. The van der Waals surface area contributed by atoms with Gasteiger partial charge in [0.2, 0.25) is 0 Å². The van der Waals surface area contributed by atoms with Gasteiger partial charge in [-0.05, 0) is 33.6 Å².